The van der Waals surface area contributed by atoms with Crippen molar-refractivity contribution in [2.24, 2.45) is 0 Å². The number of nitrogens with zero attached hydrogens (tertiary/aromatic N) is 1. The summed E-state index contributed by atoms with van der Waals surface area (Å²) in [7, 11) is 0. The highest BCUT2D eigenvalue weighted by Gasteiger charge is 2.18. The molecule has 2 rings (SSSR count). The van der Waals surface area contributed by atoms with E-state index in [1.807, 2.05) is 0 Å². The van der Waals surface area contributed by atoms with Gasteiger partial charge in [-0.1, -0.05) is 0 Å². The van der Waals surface area contributed by atoms with Crippen molar-refractivity contribution in [1.82, 2.24) is 9.97 Å². The first-order valence-corrected chi connectivity index (χ1v) is 4.52. The van der Waals surface area contributed by atoms with E-state index in [-0.39, 0.29) is 11.7 Å². The molecule has 1 aliphatic rings. The molecule has 1 aromatic rings. The number of ether oxygens (including phenoxy) is 1. The van der Waals surface area contributed by atoms with E-state index >= 15 is 0 Å². The van der Waals surface area contributed by atoms with Crippen molar-refractivity contribution in [3.05, 3.63) is 28.4 Å². The minimum Gasteiger partial charge on any atom is -0.373 e. The Morgan fingerprint density at radius 1 is 1.54 bits per heavy atom. The maximum atomic E-state index is 11.3. The summed E-state index contributed by atoms with van der Waals surface area (Å²) >= 11 is 0. The van der Waals surface area contributed by atoms with Gasteiger partial charge in [-0.25, -0.2) is 4.98 Å². The van der Waals surface area contributed by atoms with E-state index in [1.165, 1.54) is 6.33 Å². The van der Waals surface area contributed by atoms with Gasteiger partial charge in [-0.15, -0.1) is 0 Å². The lowest BCUT2D eigenvalue weighted by Gasteiger charge is -2.21. The van der Waals surface area contributed by atoms with Gasteiger partial charge < -0.3 is 9.72 Å². The molecule has 4 nitrogen and oxygen atoms in total. The zero-order valence-corrected chi connectivity index (χ0v) is 7.32. The number of rotatable bonds is 1. The van der Waals surface area contributed by atoms with Crippen LogP contribution in [0.3, 0.4) is 0 Å². The average Bonchev–Trinajstić information content (AvgIpc) is 2.20. The molecule has 13 heavy (non-hydrogen) atoms. The maximum absolute atomic E-state index is 11.3. The Bertz CT molecular complexity index is 328. The first kappa shape index (κ1) is 8.44. The summed E-state index contributed by atoms with van der Waals surface area (Å²) in [5, 5.41) is 0. The summed E-state index contributed by atoms with van der Waals surface area (Å²) in [5.41, 5.74) is 0.573. The van der Waals surface area contributed by atoms with Crippen LogP contribution in [0.2, 0.25) is 0 Å². The number of nitrogens with one attached hydrogen (secondary N) is 1. The number of hydrogen-bond donors (Lipinski definition) is 1. The van der Waals surface area contributed by atoms with E-state index in [0.717, 1.165) is 25.9 Å². The van der Waals surface area contributed by atoms with E-state index in [0.29, 0.717) is 5.56 Å². The molecule has 1 aromatic heterocycles. The third kappa shape index (κ3) is 1.78. The molecular weight excluding hydrogens is 168 g/mol. The summed E-state index contributed by atoms with van der Waals surface area (Å²) in [5.74, 6) is 0. The lowest BCUT2D eigenvalue weighted by Crippen LogP contribution is -2.21. The van der Waals surface area contributed by atoms with Crippen LogP contribution in [0, 0.1) is 0 Å². The van der Waals surface area contributed by atoms with Crippen LogP contribution in [0.15, 0.2) is 17.3 Å². The van der Waals surface area contributed by atoms with Gasteiger partial charge in [-0.05, 0) is 19.3 Å². The standard InChI is InChI=1S/C9H12N2O2/c12-9-7(5-10-6-11-9)8-3-1-2-4-13-8/h5-6,8H,1-4H2,(H,10,11,12). The summed E-state index contributed by atoms with van der Waals surface area (Å²) in [6, 6.07) is 0. The Labute approximate surface area is 76.0 Å². The SMILES string of the molecule is O=c1[nH]cncc1C1CCCCO1. The molecule has 0 aromatic carbocycles. The molecule has 4 heteroatoms. The quantitative estimate of drug-likeness (QED) is 0.701. The molecular formula is C9H12N2O2. The minimum atomic E-state index is -0.0816. The van der Waals surface area contributed by atoms with Crippen LogP contribution >= 0.6 is 0 Å². The van der Waals surface area contributed by atoms with Crippen LogP contribution < -0.4 is 5.56 Å². The van der Waals surface area contributed by atoms with Crippen LogP contribution in [-0.4, -0.2) is 16.6 Å². The van der Waals surface area contributed by atoms with Gasteiger partial charge in [0.1, 0.15) is 0 Å². The molecule has 0 aliphatic carbocycles. The molecule has 1 saturated heterocycles. The molecule has 1 unspecified atom stereocenters. The summed E-state index contributed by atoms with van der Waals surface area (Å²) in [4.78, 5) is 17.8. The zero-order valence-electron chi connectivity index (χ0n) is 7.32. The van der Waals surface area contributed by atoms with Gasteiger partial charge in [-0.2, -0.15) is 0 Å². The van der Waals surface area contributed by atoms with Crippen LogP contribution in [0.25, 0.3) is 0 Å². The second-order valence-electron chi connectivity index (χ2n) is 3.19. The van der Waals surface area contributed by atoms with E-state index in [1.54, 1.807) is 6.20 Å². The van der Waals surface area contributed by atoms with Crippen LogP contribution in [0.4, 0.5) is 0 Å². The third-order valence-electron chi connectivity index (χ3n) is 2.27. The number of H-pyrrole nitrogens is 1. The van der Waals surface area contributed by atoms with Gasteiger partial charge >= 0.3 is 0 Å². The van der Waals surface area contributed by atoms with Crippen molar-refractivity contribution in [3.63, 3.8) is 0 Å². The van der Waals surface area contributed by atoms with Crippen LogP contribution in [0.5, 0.6) is 0 Å². The normalized spacial score (nSPS) is 22.9. The highest BCUT2D eigenvalue weighted by molar-refractivity contribution is 5.07. The van der Waals surface area contributed by atoms with Crippen molar-refractivity contribution in [3.8, 4) is 0 Å². The van der Waals surface area contributed by atoms with Gasteiger partial charge in [0.2, 0.25) is 0 Å². The van der Waals surface area contributed by atoms with Gasteiger partial charge in [0.05, 0.1) is 18.0 Å². The van der Waals surface area contributed by atoms with Crippen molar-refractivity contribution in [1.29, 1.82) is 0 Å². The van der Waals surface area contributed by atoms with Gasteiger partial charge in [-0.3, -0.25) is 4.79 Å². The predicted octanol–water partition coefficient (Wildman–Crippen LogP) is 1.01. The Morgan fingerprint density at radius 2 is 2.46 bits per heavy atom. The molecule has 1 N–H and O–H groups in total. The molecule has 2 heterocycles. The fourth-order valence-electron chi connectivity index (χ4n) is 1.57. The topological polar surface area (TPSA) is 55.0 Å². The van der Waals surface area contributed by atoms with Crippen molar-refractivity contribution < 1.29 is 4.74 Å². The highest BCUT2D eigenvalue weighted by atomic mass is 16.5. The first-order chi connectivity index (χ1) is 6.38. The fraction of sp³-hybridized carbons (Fsp3) is 0.556. The van der Waals surface area contributed by atoms with Crippen molar-refractivity contribution in [2.75, 3.05) is 6.61 Å². The van der Waals surface area contributed by atoms with Gasteiger partial charge in [0, 0.05) is 12.8 Å². The molecule has 0 spiro atoms. The number of aromatic amines is 1. The molecule has 1 aliphatic heterocycles. The molecule has 0 radical (unpaired) electrons. The van der Waals surface area contributed by atoms with Crippen LogP contribution in [0.1, 0.15) is 30.9 Å². The summed E-state index contributed by atoms with van der Waals surface area (Å²) < 4.78 is 5.48. The van der Waals surface area contributed by atoms with Gasteiger partial charge in [0.15, 0.2) is 0 Å². The Balaban J connectivity index is 2.24. The maximum Gasteiger partial charge on any atom is 0.256 e. The van der Waals surface area contributed by atoms with E-state index in [4.69, 9.17) is 4.74 Å². The molecule has 0 saturated carbocycles. The summed E-state index contributed by atoms with van der Waals surface area (Å²) in [6.07, 6.45) is 6.08. The van der Waals surface area contributed by atoms with E-state index in [2.05, 4.69) is 9.97 Å². The fourth-order valence-corrected chi connectivity index (χ4v) is 1.57. The smallest absolute Gasteiger partial charge is 0.256 e. The Hall–Kier alpha value is -1.16. The minimum absolute atomic E-state index is 0.0498. The Morgan fingerprint density at radius 3 is 3.15 bits per heavy atom. The second-order valence-corrected chi connectivity index (χ2v) is 3.19. The monoisotopic (exact) mass is 180 g/mol. The number of aromatic nitrogens is 2. The average molecular weight is 180 g/mol. The van der Waals surface area contributed by atoms with E-state index in [9.17, 15) is 4.79 Å². The molecule has 0 amide bonds. The van der Waals surface area contributed by atoms with E-state index < -0.39 is 0 Å². The third-order valence-corrected chi connectivity index (χ3v) is 2.27. The Kier molecular flexibility index (Phi) is 2.40. The lowest BCUT2D eigenvalue weighted by atomic mass is 10.0. The predicted molar refractivity (Wildman–Crippen MR) is 47.4 cm³/mol. The van der Waals surface area contributed by atoms with Crippen molar-refractivity contribution >= 4 is 0 Å². The molecule has 70 valence electrons. The lowest BCUT2D eigenvalue weighted by molar-refractivity contribution is 0.0139. The molecule has 0 bridgehead atoms. The number of hydrogen-bond acceptors (Lipinski definition) is 3. The summed E-state index contributed by atoms with van der Waals surface area (Å²) in [6.45, 7) is 0.749. The molecule has 1 atom stereocenters. The highest BCUT2D eigenvalue weighted by Crippen LogP contribution is 2.24. The zero-order chi connectivity index (χ0) is 9.10. The molecule has 1 fully saturated rings. The van der Waals surface area contributed by atoms with Crippen molar-refractivity contribution in [2.45, 2.75) is 25.4 Å². The second kappa shape index (κ2) is 3.70. The largest absolute Gasteiger partial charge is 0.373 e. The van der Waals surface area contributed by atoms with Crippen LogP contribution in [-0.2, 0) is 4.74 Å². The first-order valence-electron chi connectivity index (χ1n) is 4.52. The van der Waals surface area contributed by atoms with Gasteiger partial charge in [0.25, 0.3) is 5.56 Å².